The van der Waals surface area contributed by atoms with E-state index in [0.717, 1.165) is 11.4 Å². The van der Waals surface area contributed by atoms with Crippen molar-refractivity contribution in [3.63, 3.8) is 0 Å². The molecule has 0 unspecified atom stereocenters. The molecule has 7 heteroatoms. The minimum atomic E-state index is -0.218. The number of pyridine rings is 1. The van der Waals surface area contributed by atoms with Gasteiger partial charge in [-0.1, -0.05) is 18.2 Å². The fourth-order valence-electron chi connectivity index (χ4n) is 2.64. The molecular weight excluding hydrogens is 354 g/mol. The summed E-state index contributed by atoms with van der Waals surface area (Å²) in [6, 6.07) is 20.1. The number of para-hydroxylation sites is 2. The molecule has 1 N–H and O–H groups in total. The van der Waals surface area contributed by atoms with Crippen molar-refractivity contribution < 1.29 is 9.53 Å². The molecule has 0 aliphatic rings. The maximum absolute atomic E-state index is 12.6. The number of carbonyl (C=O) groups excluding carboxylic acids is 1. The lowest BCUT2D eigenvalue weighted by molar-refractivity contribution is 0.102. The molecule has 0 aliphatic carbocycles. The number of carbonyl (C=O) groups is 1. The summed E-state index contributed by atoms with van der Waals surface area (Å²) in [5.41, 5.74) is 2.83. The van der Waals surface area contributed by atoms with Crippen molar-refractivity contribution in [3.8, 4) is 11.4 Å². The van der Waals surface area contributed by atoms with Crippen molar-refractivity contribution in [1.82, 2.24) is 19.7 Å². The molecule has 138 valence electrons. The second-order valence-corrected chi connectivity index (χ2v) is 5.98. The van der Waals surface area contributed by atoms with Gasteiger partial charge in [-0.25, -0.2) is 0 Å². The van der Waals surface area contributed by atoms with Gasteiger partial charge in [-0.15, -0.1) is 10.2 Å². The number of ether oxygens (including phenoxy) is 1. The summed E-state index contributed by atoms with van der Waals surface area (Å²) in [6.07, 6.45) is 4.92. The monoisotopic (exact) mass is 371 g/mol. The standard InChI is InChI=1S/C21H17N5O2/c27-21(16-8-10-18(11-9-16)26-14-23-24-15-26)25-19-6-1-2-7-20(19)28-13-17-5-3-4-12-22-17/h1-12,14-15H,13H2,(H,25,27). The number of amides is 1. The minimum absolute atomic E-state index is 0.218. The first-order valence-electron chi connectivity index (χ1n) is 8.68. The van der Waals surface area contributed by atoms with E-state index in [1.54, 1.807) is 41.6 Å². The van der Waals surface area contributed by atoms with E-state index in [4.69, 9.17) is 4.74 Å². The highest BCUT2D eigenvalue weighted by molar-refractivity contribution is 6.05. The Kier molecular flexibility index (Phi) is 5.06. The molecular formula is C21H17N5O2. The van der Waals surface area contributed by atoms with Crippen molar-refractivity contribution in [2.45, 2.75) is 6.61 Å². The van der Waals surface area contributed by atoms with Crippen LogP contribution in [-0.4, -0.2) is 25.7 Å². The molecule has 0 saturated heterocycles. The Morgan fingerprint density at radius 3 is 2.43 bits per heavy atom. The minimum Gasteiger partial charge on any atom is -0.485 e. The first-order valence-corrected chi connectivity index (χ1v) is 8.68. The molecule has 0 spiro atoms. The van der Waals surface area contributed by atoms with E-state index in [9.17, 15) is 4.79 Å². The molecule has 2 aromatic carbocycles. The highest BCUT2D eigenvalue weighted by Gasteiger charge is 2.10. The average molecular weight is 371 g/mol. The van der Waals surface area contributed by atoms with Gasteiger partial charge in [-0.05, 0) is 48.5 Å². The number of aromatic nitrogens is 4. The quantitative estimate of drug-likeness (QED) is 0.561. The van der Waals surface area contributed by atoms with Crippen molar-refractivity contribution in [3.05, 3.63) is 96.8 Å². The zero-order valence-electron chi connectivity index (χ0n) is 14.9. The average Bonchev–Trinajstić information content (AvgIpc) is 3.29. The fourth-order valence-corrected chi connectivity index (χ4v) is 2.64. The van der Waals surface area contributed by atoms with Gasteiger partial charge in [0.25, 0.3) is 5.91 Å². The van der Waals surface area contributed by atoms with Gasteiger partial charge < -0.3 is 10.1 Å². The number of hydrogen-bond donors (Lipinski definition) is 1. The maximum atomic E-state index is 12.6. The molecule has 4 rings (SSSR count). The molecule has 2 heterocycles. The third kappa shape index (κ3) is 4.04. The van der Waals surface area contributed by atoms with Crippen LogP contribution in [-0.2, 0) is 6.61 Å². The zero-order valence-corrected chi connectivity index (χ0v) is 14.9. The first kappa shape index (κ1) is 17.4. The SMILES string of the molecule is O=C(Nc1ccccc1OCc1ccccn1)c1ccc(-n2cnnc2)cc1. The van der Waals surface area contributed by atoms with E-state index < -0.39 is 0 Å². The predicted octanol–water partition coefficient (Wildman–Crippen LogP) is 3.49. The molecule has 7 nitrogen and oxygen atoms in total. The van der Waals surface area contributed by atoms with Crippen LogP contribution in [0.25, 0.3) is 5.69 Å². The Morgan fingerprint density at radius 1 is 0.929 bits per heavy atom. The largest absolute Gasteiger partial charge is 0.485 e. The highest BCUT2D eigenvalue weighted by Crippen LogP contribution is 2.25. The molecule has 4 aromatic rings. The molecule has 0 bridgehead atoms. The number of hydrogen-bond acceptors (Lipinski definition) is 5. The lowest BCUT2D eigenvalue weighted by Crippen LogP contribution is -2.13. The summed E-state index contributed by atoms with van der Waals surface area (Å²) < 4.78 is 7.60. The summed E-state index contributed by atoms with van der Waals surface area (Å²) in [7, 11) is 0. The maximum Gasteiger partial charge on any atom is 0.255 e. The lowest BCUT2D eigenvalue weighted by Gasteiger charge is -2.12. The van der Waals surface area contributed by atoms with Crippen molar-refractivity contribution >= 4 is 11.6 Å². The molecule has 0 atom stereocenters. The van der Waals surface area contributed by atoms with Crippen molar-refractivity contribution in [2.75, 3.05) is 5.32 Å². The Balaban J connectivity index is 1.46. The van der Waals surface area contributed by atoms with Gasteiger partial charge in [0.1, 0.15) is 25.0 Å². The van der Waals surface area contributed by atoms with Gasteiger partial charge >= 0.3 is 0 Å². The fraction of sp³-hybridized carbons (Fsp3) is 0.0476. The van der Waals surface area contributed by atoms with Crippen LogP contribution in [0.1, 0.15) is 16.1 Å². The second-order valence-electron chi connectivity index (χ2n) is 5.98. The van der Waals surface area contributed by atoms with Crippen LogP contribution in [0.5, 0.6) is 5.75 Å². The van der Waals surface area contributed by atoms with Crippen LogP contribution in [0.4, 0.5) is 5.69 Å². The summed E-state index contributed by atoms with van der Waals surface area (Å²) in [5, 5.41) is 10.5. The van der Waals surface area contributed by atoms with E-state index >= 15 is 0 Å². The van der Waals surface area contributed by atoms with Crippen LogP contribution >= 0.6 is 0 Å². The Hall–Kier alpha value is -4.00. The number of nitrogens with one attached hydrogen (secondary N) is 1. The molecule has 0 saturated carbocycles. The molecule has 0 radical (unpaired) electrons. The number of anilines is 1. The smallest absolute Gasteiger partial charge is 0.255 e. The molecule has 1 amide bonds. The summed E-state index contributed by atoms with van der Waals surface area (Å²) in [6.45, 7) is 0.321. The van der Waals surface area contributed by atoms with E-state index in [1.807, 2.05) is 48.5 Å². The molecule has 0 aliphatic heterocycles. The molecule has 0 fully saturated rings. The third-order valence-corrected chi connectivity index (χ3v) is 4.08. The van der Waals surface area contributed by atoms with Crippen molar-refractivity contribution in [2.24, 2.45) is 0 Å². The molecule has 2 aromatic heterocycles. The van der Waals surface area contributed by atoms with Crippen LogP contribution in [0, 0.1) is 0 Å². The number of nitrogens with zero attached hydrogens (tertiary/aromatic N) is 4. The Labute approximate surface area is 161 Å². The van der Waals surface area contributed by atoms with Gasteiger partial charge in [-0.3, -0.25) is 14.3 Å². The van der Waals surface area contributed by atoms with Gasteiger partial charge in [0.05, 0.1) is 11.4 Å². The van der Waals surface area contributed by atoms with Crippen LogP contribution < -0.4 is 10.1 Å². The van der Waals surface area contributed by atoms with E-state index in [-0.39, 0.29) is 5.91 Å². The van der Waals surface area contributed by atoms with Gasteiger partial charge in [0.15, 0.2) is 0 Å². The van der Waals surface area contributed by atoms with Gasteiger partial charge in [0.2, 0.25) is 0 Å². The lowest BCUT2D eigenvalue weighted by atomic mass is 10.2. The topological polar surface area (TPSA) is 81.9 Å². The van der Waals surface area contributed by atoms with Crippen LogP contribution in [0.2, 0.25) is 0 Å². The highest BCUT2D eigenvalue weighted by atomic mass is 16.5. The van der Waals surface area contributed by atoms with Crippen LogP contribution in [0.15, 0.2) is 85.6 Å². The van der Waals surface area contributed by atoms with Gasteiger partial charge in [0, 0.05) is 17.4 Å². The van der Waals surface area contributed by atoms with Crippen LogP contribution in [0.3, 0.4) is 0 Å². The summed E-state index contributed by atoms with van der Waals surface area (Å²) in [4.78, 5) is 16.9. The Morgan fingerprint density at radius 2 is 1.68 bits per heavy atom. The van der Waals surface area contributed by atoms with Crippen molar-refractivity contribution in [1.29, 1.82) is 0 Å². The Bertz CT molecular complexity index is 1050. The van der Waals surface area contributed by atoms with Gasteiger partial charge in [-0.2, -0.15) is 0 Å². The van der Waals surface area contributed by atoms with E-state index in [1.165, 1.54) is 0 Å². The van der Waals surface area contributed by atoms with E-state index in [2.05, 4.69) is 20.5 Å². The normalized spacial score (nSPS) is 10.4. The second kappa shape index (κ2) is 8.13. The summed E-state index contributed by atoms with van der Waals surface area (Å²) in [5.74, 6) is 0.367. The summed E-state index contributed by atoms with van der Waals surface area (Å²) >= 11 is 0. The molecule has 28 heavy (non-hydrogen) atoms. The first-order chi connectivity index (χ1) is 13.8. The zero-order chi connectivity index (χ0) is 19.2. The number of benzene rings is 2. The number of rotatable bonds is 6. The predicted molar refractivity (Wildman–Crippen MR) is 104 cm³/mol. The van der Waals surface area contributed by atoms with E-state index in [0.29, 0.717) is 23.6 Å². The third-order valence-electron chi connectivity index (χ3n) is 4.08.